The van der Waals surface area contributed by atoms with Crippen molar-refractivity contribution >= 4 is 51.1 Å². The van der Waals surface area contributed by atoms with Crippen LogP contribution in [-0.4, -0.2) is 30.8 Å². The molecular formula is C14H16Cl3NO5S. The number of hydrogen-bond acceptors (Lipinski definition) is 5. The molecule has 2 rings (SSSR count). The van der Waals surface area contributed by atoms with Crippen molar-refractivity contribution in [2.45, 2.75) is 35.7 Å². The summed E-state index contributed by atoms with van der Waals surface area (Å²) in [6, 6.07) is 6.70. The zero-order valence-electron chi connectivity index (χ0n) is 12.7. The Hall–Kier alpha value is -0.570. The summed E-state index contributed by atoms with van der Waals surface area (Å²) in [5.41, 5.74) is 1.76. The molecule has 134 valence electrons. The van der Waals surface area contributed by atoms with Crippen LogP contribution in [-0.2, 0) is 30.4 Å². The van der Waals surface area contributed by atoms with Crippen molar-refractivity contribution in [3.05, 3.63) is 35.4 Å². The molecule has 24 heavy (non-hydrogen) atoms. The number of hydrogen-bond donors (Lipinski definition) is 1. The Morgan fingerprint density at radius 2 is 2.00 bits per heavy atom. The van der Waals surface area contributed by atoms with Gasteiger partial charge in [-0.3, -0.25) is 8.98 Å². The number of ether oxygens (including phenoxy) is 1. The SMILES string of the molecule is CC(=O)OC1c2ccccc2CCC1NS(=O)(=O)OCC(Cl)(Cl)Cl. The molecular weight excluding hydrogens is 401 g/mol. The van der Waals surface area contributed by atoms with E-state index < -0.39 is 38.8 Å². The maximum atomic E-state index is 12.0. The minimum Gasteiger partial charge on any atom is -0.456 e. The molecule has 1 N–H and O–H groups in total. The van der Waals surface area contributed by atoms with Gasteiger partial charge in [0, 0.05) is 6.92 Å². The molecule has 10 heteroatoms. The lowest BCUT2D eigenvalue weighted by atomic mass is 9.86. The highest BCUT2D eigenvalue weighted by atomic mass is 35.6. The van der Waals surface area contributed by atoms with E-state index in [1.54, 1.807) is 12.1 Å². The van der Waals surface area contributed by atoms with Gasteiger partial charge in [-0.15, -0.1) is 0 Å². The van der Waals surface area contributed by atoms with Gasteiger partial charge in [0.1, 0.15) is 12.7 Å². The van der Waals surface area contributed by atoms with Gasteiger partial charge in [0.15, 0.2) is 0 Å². The van der Waals surface area contributed by atoms with Gasteiger partial charge in [-0.25, -0.2) is 0 Å². The Balaban J connectivity index is 2.18. The topological polar surface area (TPSA) is 81.7 Å². The lowest BCUT2D eigenvalue weighted by Gasteiger charge is -2.33. The Kier molecular flexibility index (Phi) is 6.39. The molecule has 0 saturated heterocycles. The molecule has 0 saturated carbocycles. The maximum Gasteiger partial charge on any atom is 0.336 e. The van der Waals surface area contributed by atoms with Gasteiger partial charge in [-0.1, -0.05) is 59.1 Å². The van der Waals surface area contributed by atoms with E-state index in [2.05, 4.69) is 8.91 Å². The van der Waals surface area contributed by atoms with E-state index in [4.69, 9.17) is 39.5 Å². The number of rotatable bonds is 5. The molecule has 0 heterocycles. The first-order valence-corrected chi connectivity index (χ1v) is 9.60. The molecule has 1 aromatic rings. The third-order valence-corrected chi connectivity index (χ3v) is 4.77. The fourth-order valence-corrected chi connectivity index (χ4v) is 3.90. The largest absolute Gasteiger partial charge is 0.456 e. The summed E-state index contributed by atoms with van der Waals surface area (Å²) in [6.07, 6.45) is 0.315. The molecule has 1 aromatic carbocycles. The van der Waals surface area contributed by atoms with Crippen LogP contribution in [0.15, 0.2) is 24.3 Å². The number of fused-ring (bicyclic) bond motifs is 1. The first-order chi connectivity index (χ1) is 11.1. The van der Waals surface area contributed by atoms with Crippen LogP contribution < -0.4 is 4.72 Å². The molecule has 0 spiro atoms. The first kappa shape index (κ1) is 19.8. The molecule has 0 amide bonds. The summed E-state index contributed by atoms with van der Waals surface area (Å²) in [6.45, 7) is 0.636. The number of nitrogens with one attached hydrogen (secondary N) is 1. The lowest BCUT2D eigenvalue weighted by molar-refractivity contribution is -0.148. The van der Waals surface area contributed by atoms with Crippen molar-refractivity contribution in [1.82, 2.24) is 4.72 Å². The Morgan fingerprint density at radius 1 is 1.33 bits per heavy atom. The smallest absolute Gasteiger partial charge is 0.336 e. The van der Waals surface area contributed by atoms with Crippen LogP contribution in [0.4, 0.5) is 0 Å². The molecule has 0 radical (unpaired) electrons. The molecule has 0 fully saturated rings. The van der Waals surface area contributed by atoms with Crippen molar-refractivity contribution in [1.29, 1.82) is 0 Å². The van der Waals surface area contributed by atoms with Crippen LogP contribution in [0.25, 0.3) is 0 Å². The third-order valence-electron chi connectivity index (χ3n) is 3.42. The average molecular weight is 417 g/mol. The maximum absolute atomic E-state index is 12.0. The van der Waals surface area contributed by atoms with Gasteiger partial charge < -0.3 is 4.74 Å². The lowest BCUT2D eigenvalue weighted by Crippen LogP contribution is -2.44. The molecule has 2 unspecified atom stereocenters. The van der Waals surface area contributed by atoms with Gasteiger partial charge in [0.05, 0.1) is 6.04 Å². The number of esters is 1. The van der Waals surface area contributed by atoms with Gasteiger partial charge in [0.2, 0.25) is 3.79 Å². The normalized spacial score (nSPS) is 21.2. The number of alkyl halides is 3. The van der Waals surface area contributed by atoms with Crippen LogP contribution in [0.1, 0.15) is 30.6 Å². The van der Waals surface area contributed by atoms with Crippen molar-refractivity contribution in [3.63, 3.8) is 0 Å². The van der Waals surface area contributed by atoms with Crippen LogP contribution in [0.2, 0.25) is 0 Å². The van der Waals surface area contributed by atoms with Crippen LogP contribution in [0.3, 0.4) is 0 Å². The predicted molar refractivity (Wildman–Crippen MR) is 91.4 cm³/mol. The predicted octanol–water partition coefficient (Wildman–Crippen LogP) is 2.83. The van der Waals surface area contributed by atoms with Gasteiger partial charge >= 0.3 is 16.3 Å². The van der Waals surface area contributed by atoms with Crippen LogP contribution in [0.5, 0.6) is 0 Å². The quantitative estimate of drug-likeness (QED) is 0.589. The minimum absolute atomic E-state index is 0.436. The van der Waals surface area contributed by atoms with E-state index in [0.29, 0.717) is 12.8 Å². The molecule has 0 bridgehead atoms. The fourth-order valence-electron chi connectivity index (χ4n) is 2.53. The molecule has 1 aliphatic rings. The number of aryl methyl sites for hydroxylation is 1. The number of carbonyl (C=O) groups excluding carboxylic acids is 1. The van der Waals surface area contributed by atoms with Crippen molar-refractivity contribution in [2.24, 2.45) is 0 Å². The van der Waals surface area contributed by atoms with Gasteiger partial charge in [0.25, 0.3) is 0 Å². The second-order valence-corrected chi connectivity index (χ2v) is 9.22. The summed E-state index contributed by atoms with van der Waals surface area (Å²) in [4.78, 5) is 11.4. The molecule has 0 aliphatic heterocycles. The van der Waals surface area contributed by atoms with E-state index >= 15 is 0 Å². The number of halogens is 3. The number of benzene rings is 1. The summed E-state index contributed by atoms with van der Waals surface area (Å²) >= 11 is 16.5. The van der Waals surface area contributed by atoms with Crippen LogP contribution in [0, 0.1) is 0 Å². The zero-order chi connectivity index (χ0) is 18.0. The summed E-state index contributed by atoms with van der Waals surface area (Å²) in [7, 11) is -4.18. The highest BCUT2D eigenvalue weighted by Crippen LogP contribution is 2.33. The standard InChI is InChI=1S/C14H16Cl3NO5S/c1-9(19)23-13-11-5-3-2-4-10(11)6-7-12(13)18-24(20,21)22-8-14(15,16)17/h2-5,12-13,18H,6-8H2,1H3. The van der Waals surface area contributed by atoms with Crippen LogP contribution >= 0.6 is 34.8 Å². The van der Waals surface area contributed by atoms with Crippen molar-refractivity contribution < 1.29 is 22.1 Å². The molecule has 6 nitrogen and oxygen atoms in total. The highest BCUT2D eigenvalue weighted by Gasteiger charge is 2.35. The van der Waals surface area contributed by atoms with Gasteiger partial charge in [-0.2, -0.15) is 13.1 Å². The van der Waals surface area contributed by atoms with E-state index in [-0.39, 0.29) is 0 Å². The Morgan fingerprint density at radius 3 is 2.62 bits per heavy atom. The molecule has 2 atom stereocenters. The highest BCUT2D eigenvalue weighted by molar-refractivity contribution is 7.84. The third kappa shape index (κ3) is 5.75. The van der Waals surface area contributed by atoms with E-state index in [9.17, 15) is 13.2 Å². The van der Waals surface area contributed by atoms with Crippen molar-refractivity contribution in [3.8, 4) is 0 Å². The monoisotopic (exact) mass is 415 g/mol. The summed E-state index contributed by atoms with van der Waals surface area (Å²) in [5.74, 6) is -0.511. The Bertz CT molecular complexity index is 705. The fraction of sp³-hybridized carbons (Fsp3) is 0.500. The summed E-state index contributed by atoms with van der Waals surface area (Å²) < 4.78 is 34.6. The average Bonchev–Trinajstić information content (AvgIpc) is 2.47. The summed E-state index contributed by atoms with van der Waals surface area (Å²) in [5, 5.41) is 0. The van der Waals surface area contributed by atoms with Gasteiger partial charge in [-0.05, 0) is 24.0 Å². The van der Waals surface area contributed by atoms with Crippen molar-refractivity contribution in [2.75, 3.05) is 6.61 Å². The van der Waals surface area contributed by atoms with E-state index in [1.165, 1.54) is 6.92 Å². The first-order valence-electron chi connectivity index (χ1n) is 7.06. The number of carbonyl (C=O) groups is 1. The van der Waals surface area contributed by atoms with E-state index in [0.717, 1.165) is 11.1 Å². The molecule has 0 aromatic heterocycles. The minimum atomic E-state index is -4.18. The molecule has 1 aliphatic carbocycles. The second kappa shape index (κ2) is 7.76. The Labute approximate surface area is 155 Å². The second-order valence-electron chi connectivity index (χ2n) is 5.32. The zero-order valence-corrected chi connectivity index (χ0v) is 15.8. The van der Waals surface area contributed by atoms with E-state index in [1.807, 2.05) is 12.1 Å².